The summed E-state index contributed by atoms with van der Waals surface area (Å²) in [5, 5.41) is 0. The van der Waals surface area contributed by atoms with E-state index in [1.807, 2.05) is 22.7 Å². The zero-order valence-corrected chi connectivity index (χ0v) is 13.3. The van der Waals surface area contributed by atoms with E-state index in [1.165, 1.54) is 24.7 Å². The fourth-order valence-electron chi connectivity index (χ4n) is 1.69. The van der Waals surface area contributed by atoms with E-state index in [2.05, 4.69) is 55.5 Å². The van der Waals surface area contributed by atoms with Gasteiger partial charge < -0.3 is 0 Å². The first-order chi connectivity index (χ1) is 9.83. The second-order valence-electron chi connectivity index (χ2n) is 4.19. The monoisotopic (exact) mass is 342 g/mol. The van der Waals surface area contributed by atoms with Gasteiger partial charge in [-0.3, -0.25) is 0 Å². The molecule has 0 saturated heterocycles. The summed E-state index contributed by atoms with van der Waals surface area (Å²) in [5.74, 6) is 0. The van der Waals surface area contributed by atoms with Crippen LogP contribution in [-0.4, -0.2) is 0 Å². The number of hydrogen-bond donors (Lipinski definition) is 0. The van der Waals surface area contributed by atoms with Crippen molar-refractivity contribution in [3.63, 3.8) is 0 Å². The first-order valence-corrected chi connectivity index (χ1v) is 8.70. The number of aryl methyl sites for hydroxylation is 1. The Kier molecular flexibility index (Phi) is 5.23. The standard InChI is InChI=1S/C14H11S2.ClHO4/c1-10-7-8-12-13(9-10)16-14(15-12)11-5-3-2-4-6-11;2-1(3,4)5/h2-9H,1H3;(H,2,3,4,5)/q+1;/p-1. The maximum atomic E-state index is 8.49. The van der Waals surface area contributed by atoms with Gasteiger partial charge in [-0.05, 0) is 36.8 Å². The van der Waals surface area contributed by atoms with Crippen molar-refractivity contribution in [2.75, 3.05) is 0 Å². The zero-order chi connectivity index (χ0) is 15.5. The first kappa shape index (κ1) is 16.3. The molecule has 3 rings (SSSR count). The SMILES string of the molecule is Cc1ccc2[s+]c(-c3ccccc3)sc2c1.[O-][Cl+3]([O-])([O-])[O-]. The highest BCUT2D eigenvalue weighted by Gasteiger charge is 2.17. The second-order valence-corrected chi connectivity index (χ2v) is 7.30. The Morgan fingerprint density at radius 1 is 0.952 bits per heavy atom. The van der Waals surface area contributed by atoms with Gasteiger partial charge in [0.05, 0.1) is 22.7 Å². The molecule has 4 nitrogen and oxygen atoms in total. The molecule has 0 unspecified atom stereocenters. The summed E-state index contributed by atoms with van der Waals surface area (Å²) >= 11 is 3.76. The molecule has 0 radical (unpaired) electrons. The van der Waals surface area contributed by atoms with Gasteiger partial charge in [-0.1, -0.05) is 24.3 Å². The topological polar surface area (TPSA) is 92.2 Å². The van der Waals surface area contributed by atoms with Gasteiger partial charge in [0.2, 0.25) is 0 Å². The molecule has 0 bridgehead atoms. The van der Waals surface area contributed by atoms with Crippen molar-refractivity contribution in [3.05, 3.63) is 54.1 Å². The molecule has 0 N–H and O–H groups in total. The van der Waals surface area contributed by atoms with Crippen LogP contribution in [0.15, 0.2) is 48.5 Å². The number of benzene rings is 2. The van der Waals surface area contributed by atoms with Crippen molar-refractivity contribution in [1.82, 2.24) is 0 Å². The Balaban J connectivity index is 0.000000282. The molecule has 1 aromatic heterocycles. The summed E-state index contributed by atoms with van der Waals surface area (Å²) in [5.41, 5.74) is 2.66. The summed E-state index contributed by atoms with van der Waals surface area (Å²) < 4.78 is 38.1. The van der Waals surface area contributed by atoms with Crippen LogP contribution in [0.5, 0.6) is 0 Å². The van der Waals surface area contributed by atoms with Crippen molar-refractivity contribution in [2.24, 2.45) is 0 Å². The van der Waals surface area contributed by atoms with Gasteiger partial charge in [0.1, 0.15) is 0 Å². The fraction of sp³-hybridized carbons (Fsp3) is 0.0714. The molecular formula is C14H11ClO4S2. The lowest BCUT2D eigenvalue weighted by atomic mass is 10.2. The van der Waals surface area contributed by atoms with Crippen molar-refractivity contribution in [1.29, 1.82) is 0 Å². The van der Waals surface area contributed by atoms with Crippen LogP contribution < -0.4 is 18.6 Å². The van der Waals surface area contributed by atoms with Crippen LogP contribution in [-0.2, 0) is 0 Å². The van der Waals surface area contributed by atoms with Crippen LogP contribution in [0.2, 0.25) is 0 Å². The lowest BCUT2D eigenvalue weighted by Gasteiger charge is -2.17. The lowest BCUT2D eigenvalue weighted by Crippen LogP contribution is -2.68. The average Bonchev–Trinajstić information content (AvgIpc) is 2.81. The quantitative estimate of drug-likeness (QED) is 0.601. The number of rotatable bonds is 1. The highest BCUT2D eigenvalue weighted by molar-refractivity contribution is 7.43. The summed E-state index contributed by atoms with van der Waals surface area (Å²) in [6.07, 6.45) is 0. The molecular weight excluding hydrogens is 332 g/mol. The minimum Gasteiger partial charge on any atom is -0.222 e. The van der Waals surface area contributed by atoms with Crippen LogP contribution >= 0.6 is 22.7 Å². The van der Waals surface area contributed by atoms with Crippen LogP contribution in [0.4, 0.5) is 0 Å². The first-order valence-electron chi connectivity index (χ1n) is 5.83. The maximum absolute atomic E-state index is 8.49. The van der Waals surface area contributed by atoms with Crippen molar-refractivity contribution < 1.29 is 28.9 Å². The van der Waals surface area contributed by atoms with Gasteiger partial charge in [-0.25, -0.2) is 18.6 Å². The smallest absolute Gasteiger partial charge is 0.222 e. The van der Waals surface area contributed by atoms with Crippen LogP contribution in [0.3, 0.4) is 0 Å². The van der Waals surface area contributed by atoms with Gasteiger partial charge in [0, 0.05) is 5.56 Å². The van der Waals surface area contributed by atoms with E-state index in [1.54, 1.807) is 0 Å². The third-order valence-electron chi connectivity index (χ3n) is 2.51. The van der Waals surface area contributed by atoms with E-state index in [0.29, 0.717) is 0 Å². The summed E-state index contributed by atoms with van der Waals surface area (Å²) in [6, 6.07) is 17.3. The van der Waals surface area contributed by atoms with Crippen LogP contribution in [0.25, 0.3) is 19.2 Å². The molecule has 1 heterocycles. The van der Waals surface area contributed by atoms with E-state index in [-0.39, 0.29) is 0 Å². The zero-order valence-electron chi connectivity index (χ0n) is 10.9. The Morgan fingerprint density at radius 3 is 2.19 bits per heavy atom. The molecule has 110 valence electrons. The van der Waals surface area contributed by atoms with Gasteiger partial charge in [0.25, 0.3) is 4.19 Å². The van der Waals surface area contributed by atoms with Gasteiger partial charge in [0.15, 0.2) is 9.40 Å². The van der Waals surface area contributed by atoms with Gasteiger partial charge in [-0.15, -0.1) is 10.2 Å². The van der Waals surface area contributed by atoms with Gasteiger partial charge >= 0.3 is 0 Å². The summed E-state index contributed by atoms with van der Waals surface area (Å²) in [7, 11) is -4.94. The molecule has 0 amide bonds. The molecule has 0 saturated carbocycles. The highest BCUT2D eigenvalue weighted by atomic mass is 35.7. The van der Waals surface area contributed by atoms with Crippen LogP contribution in [0, 0.1) is 17.2 Å². The number of hydrogen-bond acceptors (Lipinski definition) is 5. The van der Waals surface area contributed by atoms with E-state index < -0.39 is 10.2 Å². The lowest BCUT2D eigenvalue weighted by molar-refractivity contribution is -2.00. The molecule has 0 spiro atoms. The Labute approximate surface area is 131 Å². The third-order valence-corrected chi connectivity index (χ3v) is 5.12. The molecule has 0 fully saturated rings. The highest BCUT2D eigenvalue weighted by Crippen LogP contribution is 2.38. The third kappa shape index (κ3) is 5.29. The Morgan fingerprint density at radius 2 is 1.57 bits per heavy atom. The van der Waals surface area contributed by atoms with E-state index in [4.69, 9.17) is 18.6 Å². The average molecular weight is 343 g/mol. The van der Waals surface area contributed by atoms with E-state index in [0.717, 1.165) is 0 Å². The predicted octanol–water partition coefficient (Wildman–Crippen LogP) is 0.463. The number of fused-ring (bicyclic) bond motifs is 1. The van der Waals surface area contributed by atoms with E-state index in [9.17, 15) is 0 Å². The summed E-state index contributed by atoms with van der Waals surface area (Å²) in [6.45, 7) is 2.14. The maximum Gasteiger partial charge on any atom is 0.286 e. The summed E-state index contributed by atoms with van der Waals surface area (Å²) in [4.78, 5) is 0. The Bertz CT molecular complexity index is 717. The van der Waals surface area contributed by atoms with E-state index >= 15 is 0 Å². The molecule has 0 atom stereocenters. The molecule has 0 aliphatic rings. The van der Waals surface area contributed by atoms with Crippen molar-refractivity contribution >= 4 is 32.1 Å². The van der Waals surface area contributed by atoms with Gasteiger partial charge in [-0.2, -0.15) is 0 Å². The largest absolute Gasteiger partial charge is 0.286 e. The Hall–Kier alpha value is -1.12. The molecule has 2 aromatic carbocycles. The minimum absolute atomic E-state index is 1.33. The molecule has 0 aliphatic carbocycles. The number of halogens is 1. The predicted molar refractivity (Wildman–Crippen MR) is 74.3 cm³/mol. The fourth-order valence-corrected chi connectivity index (χ4v) is 4.26. The van der Waals surface area contributed by atoms with Crippen molar-refractivity contribution in [2.45, 2.75) is 6.92 Å². The van der Waals surface area contributed by atoms with Crippen LogP contribution in [0.1, 0.15) is 5.56 Å². The van der Waals surface area contributed by atoms with Crippen molar-refractivity contribution in [3.8, 4) is 9.75 Å². The second kappa shape index (κ2) is 6.76. The minimum atomic E-state index is -4.94. The normalized spacial score (nSPS) is 11.1. The molecule has 3 aromatic rings. The molecule has 7 heteroatoms. The molecule has 0 aliphatic heterocycles. The molecule has 21 heavy (non-hydrogen) atoms.